The Morgan fingerprint density at radius 3 is 2.46 bits per heavy atom. The van der Waals surface area contributed by atoms with Crippen LogP contribution in [0.2, 0.25) is 0 Å². The number of rotatable bonds is 5. The molecule has 1 aliphatic heterocycles. The highest BCUT2D eigenvalue weighted by Crippen LogP contribution is 2.20. The molecule has 1 N–H and O–H groups in total. The molecule has 0 aromatic heterocycles. The molecule has 7 heteroatoms. The van der Waals surface area contributed by atoms with Crippen LogP contribution in [-0.4, -0.2) is 50.1 Å². The maximum atomic E-state index is 12.7. The van der Waals surface area contributed by atoms with Gasteiger partial charge in [-0.25, -0.2) is 9.59 Å². The molecule has 1 aromatic rings. The molecule has 7 nitrogen and oxygen atoms in total. The van der Waals surface area contributed by atoms with Crippen LogP contribution in [0.3, 0.4) is 0 Å². The van der Waals surface area contributed by atoms with Crippen LogP contribution in [-0.2, 0) is 19.1 Å². The molecule has 140 valence electrons. The van der Waals surface area contributed by atoms with Crippen LogP contribution in [0, 0.1) is 5.92 Å². The first-order valence-electron chi connectivity index (χ1n) is 8.49. The van der Waals surface area contributed by atoms with E-state index in [1.165, 1.54) is 14.2 Å². The molecule has 1 aliphatic rings. The summed E-state index contributed by atoms with van der Waals surface area (Å²) in [6.45, 7) is 3.68. The van der Waals surface area contributed by atoms with Gasteiger partial charge in [0.25, 0.3) is 5.91 Å². The SMILES string of the molecule is COC(=O)/C=C(/Nc1cccc(C(=O)N2CCC(C)CC2)c1)C(=O)OC. The van der Waals surface area contributed by atoms with Gasteiger partial charge in [-0.05, 0) is 37.0 Å². The van der Waals surface area contributed by atoms with Crippen LogP contribution in [0.5, 0.6) is 0 Å². The van der Waals surface area contributed by atoms with E-state index in [0.29, 0.717) is 17.2 Å². The number of esters is 2. The van der Waals surface area contributed by atoms with Gasteiger partial charge in [0, 0.05) is 24.3 Å². The summed E-state index contributed by atoms with van der Waals surface area (Å²) >= 11 is 0. The van der Waals surface area contributed by atoms with Crippen molar-refractivity contribution < 1.29 is 23.9 Å². The van der Waals surface area contributed by atoms with Crippen molar-refractivity contribution in [2.24, 2.45) is 5.92 Å². The maximum absolute atomic E-state index is 12.7. The van der Waals surface area contributed by atoms with Crippen LogP contribution < -0.4 is 5.32 Å². The minimum Gasteiger partial charge on any atom is -0.466 e. The Labute approximate surface area is 153 Å². The summed E-state index contributed by atoms with van der Waals surface area (Å²) in [4.78, 5) is 37.8. The van der Waals surface area contributed by atoms with E-state index in [-0.39, 0.29) is 11.6 Å². The molecule has 0 bridgehead atoms. The van der Waals surface area contributed by atoms with Crippen molar-refractivity contribution in [1.29, 1.82) is 0 Å². The molecule has 0 radical (unpaired) electrons. The number of hydrogen-bond donors (Lipinski definition) is 1. The zero-order chi connectivity index (χ0) is 19.1. The number of hydrogen-bond acceptors (Lipinski definition) is 6. The van der Waals surface area contributed by atoms with Crippen molar-refractivity contribution >= 4 is 23.5 Å². The van der Waals surface area contributed by atoms with Gasteiger partial charge in [-0.3, -0.25) is 4.79 Å². The first kappa shape index (κ1) is 19.5. The molecule has 0 atom stereocenters. The highest BCUT2D eigenvalue weighted by atomic mass is 16.5. The molecule has 1 fully saturated rings. The Hall–Kier alpha value is -2.83. The van der Waals surface area contributed by atoms with Gasteiger partial charge in [-0.15, -0.1) is 0 Å². The number of carbonyl (C=O) groups is 3. The lowest BCUT2D eigenvalue weighted by molar-refractivity contribution is -0.138. The van der Waals surface area contributed by atoms with Gasteiger partial charge >= 0.3 is 11.9 Å². The Kier molecular flexibility index (Phi) is 6.77. The smallest absolute Gasteiger partial charge is 0.354 e. The van der Waals surface area contributed by atoms with Crippen molar-refractivity contribution in [2.45, 2.75) is 19.8 Å². The van der Waals surface area contributed by atoms with Crippen LogP contribution in [0.25, 0.3) is 0 Å². The van der Waals surface area contributed by atoms with Crippen molar-refractivity contribution in [3.8, 4) is 0 Å². The van der Waals surface area contributed by atoms with Gasteiger partial charge in [-0.2, -0.15) is 0 Å². The number of carbonyl (C=O) groups excluding carboxylic acids is 3. The monoisotopic (exact) mass is 360 g/mol. The number of ether oxygens (including phenoxy) is 2. The molecule has 1 amide bonds. The number of methoxy groups -OCH3 is 2. The summed E-state index contributed by atoms with van der Waals surface area (Å²) in [6.07, 6.45) is 3.00. The van der Waals surface area contributed by atoms with E-state index < -0.39 is 11.9 Å². The lowest BCUT2D eigenvalue weighted by Crippen LogP contribution is -2.37. The van der Waals surface area contributed by atoms with Gasteiger partial charge in [0.05, 0.1) is 20.3 Å². The normalized spacial score (nSPS) is 15.3. The van der Waals surface area contributed by atoms with Gasteiger partial charge < -0.3 is 19.7 Å². The third kappa shape index (κ3) is 5.08. The summed E-state index contributed by atoms with van der Waals surface area (Å²) < 4.78 is 9.20. The van der Waals surface area contributed by atoms with Crippen LogP contribution >= 0.6 is 0 Å². The highest BCUT2D eigenvalue weighted by Gasteiger charge is 2.22. The summed E-state index contributed by atoms with van der Waals surface area (Å²) in [6, 6.07) is 6.79. The third-order valence-electron chi connectivity index (χ3n) is 4.33. The fourth-order valence-electron chi connectivity index (χ4n) is 2.71. The van der Waals surface area contributed by atoms with Crippen LogP contribution in [0.4, 0.5) is 5.69 Å². The maximum Gasteiger partial charge on any atom is 0.354 e. The van der Waals surface area contributed by atoms with E-state index >= 15 is 0 Å². The second-order valence-electron chi connectivity index (χ2n) is 6.25. The largest absolute Gasteiger partial charge is 0.466 e. The molecule has 2 rings (SSSR count). The number of amides is 1. The zero-order valence-corrected chi connectivity index (χ0v) is 15.3. The van der Waals surface area contributed by atoms with Crippen LogP contribution in [0.1, 0.15) is 30.1 Å². The molecule has 1 heterocycles. The van der Waals surface area contributed by atoms with Crippen molar-refractivity contribution in [3.63, 3.8) is 0 Å². The van der Waals surface area contributed by atoms with Crippen molar-refractivity contribution in [3.05, 3.63) is 41.6 Å². The molecule has 0 spiro atoms. The number of nitrogens with zero attached hydrogens (tertiary/aromatic N) is 1. The predicted octanol–water partition coefficient (Wildman–Crippen LogP) is 2.20. The number of piperidine rings is 1. The van der Waals surface area contributed by atoms with E-state index in [1.807, 2.05) is 4.90 Å². The number of benzene rings is 1. The lowest BCUT2D eigenvalue weighted by Gasteiger charge is -2.30. The van der Waals surface area contributed by atoms with E-state index in [9.17, 15) is 14.4 Å². The molecule has 1 aromatic carbocycles. The van der Waals surface area contributed by atoms with E-state index in [2.05, 4.69) is 21.7 Å². The average Bonchev–Trinajstić information content (AvgIpc) is 2.67. The predicted molar refractivity (Wildman–Crippen MR) is 96.5 cm³/mol. The summed E-state index contributed by atoms with van der Waals surface area (Å²) in [7, 11) is 2.43. The fraction of sp³-hybridized carbons (Fsp3) is 0.421. The van der Waals surface area contributed by atoms with Gasteiger partial charge in [0.1, 0.15) is 5.70 Å². The fourth-order valence-corrected chi connectivity index (χ4v) is 2.71. The minimum atomic E-state index is -0.711. The summed E-state index contributed by atoms with van der Waals surface area (Å²) in [5, 5.41) is 2.82. The quantitative estimate of drug-likeness (QED) is 0.640. The van der Waals surface area contributed by atoms with Gasteiger partial charge in [0.2, 0.25) is 0 Å². The van der Waals surface area contributed by atoms with Gasteiger partial charge in [0.15, 0.2) is 0 Å². The lowest BCUT2D eigenvalue weighted by atomic mass is 9.98. The molecule has 0 aliphatic carbocycles. The van der Waals surface area contributed by atoms with E-state index in [1.54, 1.807) is 24.3 Å². The Morgan fingerprint density at radius 2 is 1.85 bits per heavy atom. The van der Waals surface area contributed by atoms with E-state index in [4.69, 9.17) is 0 Å². The number of nitrogens with one attached hydrogen (secondary N) is 1. The van der Waals surface area contributed by atoms with Crippen LogP contribution in [0.15, 0.2) is 36.0 Å². The van der Waals surface area contributed by atoms with Crippen molar-refractivity contribution in [1.82, 2.24) is 4.90 Å². The standard InChI is InChI=1S/C19H24N2O5/c1-13-7-9-21(10-8-13)18(23)14-5-4-6-15(11-14)20-16(19(24)26-3)12-17(22)25-2/h4-6,11-13,20H,7-10H2,1-3H3/b16-12+. The Morgan fingerprint density at radius 1 is 1.15 bits per heavy atom. The minimum absolute atomic E-state index is 0.0443. The topological polar surface area (TPSA) is 84.9 Å². The number of anilines is 1. The Balaban J connectivity index is 2.16. The first-order chi connectivity index (χ1) is 12.4. The van der Waals surface area contributed by atoms with Crippen molar-refractivity contribution in [2.75, 3.05) is 32.6 Å². The van der Waals surface area contributed by atoms with Gasteiger partial charge in [-0.1, -0.05) is 13.0 Å². The molecular weight excluding hydrogens is 336 g/mol. The highest BCUT2D eigenvalue weighted by molar-refractivity contribution is 5.99. The summed E-state index contributed by atoms with van der Waals surface area (Å²) in [5.74, 6) is -0.806. The van der Waals surface area contributed by atoms with E-state index in [0.717, 1.165) is 32.0 Å². The second-order valence-corrected chi connectivity index (χ2v) is 6.25. The molecule has 26 heavy (non-hydrogen) atoms. The first-order valence-corrected chi connectivity index (χ1v) is 8.49. The molecular formula is C19H24N2O5. The second kappa shape index (κ2) is 9.03. The molecule has 0 saturated carbocycles. The average molecular weight is 360 g/mol. The third-order valence-corrected chi connectivity index (χ3v) is 4.33. The summed E-state index contributed by atoms with van der Waals surface area (Å²) in [5.41, 5.74) is 0.948. The molecule has 1 saturated heterocycles. The zero-order valence-electron chi connectivity index (χ0n) is 15.3. The molecule has 0 unspecified atom stereocenters. The Bertz CT molecular complexity index is 706. The number of likely N-dealkylation sites (tertiary alicyclic amines) is 1.